The minimum atomic E-state index is -0.288. The summed E-state index contributed by atoms with van der Waals surface area (Å²) in [6, 6.07) is 7.68. The van der Waals surface area contributed by atoms with Crippen molar-refractivity contribution >= 4 is 17.6 Å². The van der Waals surface area contributed by atoms with Gasteiger partial charge in [-0.25, -0.2) is 4.79 Å². The Labute approximate surface area is 140 Å². The quantitative estimate of drug-likeness (QED) is 0.337. The molecule has 0 aliphatic carbocycles. The fourth-order valence-electron chi connectivity index (χ4n) is 2.37. The molecule has 0 bridgehead atoms. The average Bonchev–Trinajstić information content (AvgIpc) is 2.53. The van der Waals surface area contributed by atoms with Crippen molar-refractivity contribution in [2.24, 2.45) is 0 Å². The average molecular weight is 324 g/mol. The van der Waals surface area contributed by atoms with E-state index in [0.717, 1.165) is 12.8 Å². The van der Waals surface area contributed by atoms with E-state index in [0.29, 0.717) is 17.2 Å². The molecule has 0 saturated heterocycles. The Hall–Kier alpha value is -1.02. The molecule has 1 radical (unpaired) electrons. The molecule has 0 aromatic heterocycles. The van der Waals surface area contributed by atoms with Crippen molar-refractivity contribution in [2.45, 2.75) is 71.1 Å². The standard InChI is InChI=1S/C19H28ClO2/c1-2-3-4-5-6-7-8-9-10-11-16-22-19(21)17-12-14-18(20)15-13-17/h12-14H,2-11,16H2,1H3. The van der Waals surface area contributed by atoms with Crippen LogP contribution in [0.15, 0.2) is 18.2 Å². The van der Waals surface area contributed by atoms with E-state index in [4.69, 9.17) is 16.3 Å². The largest absolute Gasteiger partial charge is 0.462 e. The van der Waals surface area contributed by atoms with Crippen LogP contribution in [0.5, 0.6) is 0 Å². The highest BCUT2D eigenvalue weighted by Gasteiger charge is 2.06. The minimum absolute atomic E-state index is 0.288. The highest BCUT2D eigenvalue weighted by molar-refractivity contribution is 6.30. The number of rotatable bonds is 12. The zero-order chi connectivity index (χ0) is 16.0. The Kier molecular flexibility index (Phi) is 10.8. The third-order valence-corrected chi connectivity index (χ3v) is 3.98. The van der Waals surface area contributed by atoms with Gasteiger partial charge in [0.05, 0.1) is 12.2 Å². The first kappa shape index (κ1) is 19.0. The molecule has 123 valence electrons. The number of hydrogen-bond donors (Lipinski definition) is 0. The van der Waals surface area contributed by atoms with Gasteiger partial charge in [-0.3, -0.25) is 0 Å². The van der Waals surface area contributed by atoms with Gasteiger partial charge in [-0.2, -0.15) is 0 Å². The van der Waals surface area contributed by atoms with Crippen LogP contribution >= 0.6 is 11.6 Å². The summed E-state index contributed by atoms with van der Waals surface area (Å²) in [7, 11) is 0. The number of carbonyl (C=O) groups is 1. The lowest BCUT2D eigenvalue weighted by molar-refractivity contribution is 0.0497. The van der Waals surface area contributed by atoms with Crippen LogP contribution in [0, 0.1) is 6.07 Å². The molecule has 0 saturated carbocycles. The fraction of sp³-hybridized carbons (Fsp3) is 0.632. The second-order valence-electron chi connectivity index (χ2n) is 5.74. The van der Waals surface area contributed by atoms with Crippen LogP contribution in [0.2, 0.25) is 5.02 Å². The zero-order valence-corrected chi connectivity index (χ0v) is 14.5. The second kappa shape index (κ2) is 12.5. The molecule has 0 aliphatic heterocycles. The number of hydrogen-bond acceptors (Lipinski definition) is 2. The van der Waals surface area contributed by atoms with Crippen molar-refractivity contribution in [1.29, 1.82) is 0 Å². The van der Waals surface area contributed by atoms with E-state index in [-0.39, 0.29) is 5.97 Å². The molecular formula is C19H28ClO2. The number of halogens is 1. The maximum atomic E-state index is 11.7. The Morgan fingerprint density at radius 2 is 1.59 bits per heavy atom. The molecule has 0 heterocycles. The van der Waals surface area contributed by atoms with Crippen LogP contribution in [0.1, 0.15) is 81.5 Å². The van der Waals surface area contributed by atoms with Crippen molar-refractivity contribution in [2.75, 3.05) is 6.61 Å². The summed E-state index contributed by atoms with van der Waals surface area (Å²) in [4.78, 5) is 11.7. The van der Waals surface area contributed by atoms with Crippen LogP contribution in [-0.2, 0) is 4.74 Å². The predicted molar refractivity (Wildman–Crippen MR) is 92.4 cm³/mol. The van der Waals surface area contributed by atoms with E-state index >= 15 is 0 Å². The number of benzene rings is 1. The van der Waals surface area contributed by atoms with Crippen LogP contribution in [-0.4, -0.2) is 12.6 Å². The van der Waals surface area contributed by atoms with Crippen LogP contribution in [0.3, 0.4) is 0 Å². The smallest absolute Gasteiger partial charge is 0.338 e. The van der Waals surface area contributed by atoms with Gasteiger partial charge in [0, 0.05) is 11.1 Å². The van der Waals surface area contributed by atoms with Crippen molar-refractivity contribution in [3.8, 4) is 0 Å². The molecule has 0 unspecified atom stereocenters. The Morgan fingerprint density at radius 1 is 1.00 bits per heavy atom. The molecule has 0 aliphatic rings. The third-order valence-electron chi connectivity index (χ3n) is 3.74. The molecule has 0 spiro atoms. The Morgan fingerprint density at radius 3 is 2.14 bits per heavy atom. The summed E-state index contributed by atoms with van der Waals surface area (Å²) in [6.45, 7) is 2.75. The summed E-state index contributed by atoms with van der Waals surface area (Å²) >= 11 is 5.73. The number of ether oxygens (including phenoxy) is 1. The van der Waals surface area contributed by atoms with E-state index in [9.17, 15) is 4.79 Å². The highest BCUT2D eigenvalue weighted by atomic mass is 35.5. The molecule has 0 N–H and O–H groups in total. The Bertz CT molecular complexity index is 400. The molecule has 0 amide bonds. The molecule has 2 nitrogen and oxygen atoms in total. The summed E-state index contributed by atoms with van der Waals surface area (Å²) in [6.07, 6.45) is 12.8. The molecule has 1 aromatic carbocycles. The third kappa shape index (κ3) is 9.09. The van der Waals surface area contributed by atoms with Crippen LogP contribution in [0.25, 0.3) is 0 Å². The lowest BCUT2D eigenvalue weighted by atomic mass is 10.1. The van der Waals surface area contributed by atoms with Gasteiger partial charge in [-0.15, -0.1) is 0 Å². The summed E-state index contributed by atoms with van der Waals surface area (Å²) in [5.74, 6) is -0.288. The first-order chi connectivity index (χ1) is 10.7. The van der Waals surface area contributed by atoms with Crippen molar-refractivity contribution < 1.29 is 9.53 Å². The lowest BCUT2D eigenvalue weighted by Crippen LogP contribution is -2.06. The molecule has 3 heteroatoms. The molecule has 1 rings (SSSR count). The maximum Gasteiger partial charge on any atom is 0.338 e. The van der Waals surface area contributed by atoms with E-state index in [1.54, 1.807) is 18.2 Å². The Balaban J connectivity index is 1.93. The van der Waals surface area contributed by atoms with E-state index in [1.165, 1.54) is 51.4 Å². The van der Waals surface area contributed by atoms with Gasteiger partial charge in [0.1, 0.15) is 0 Å². The van der Waals surface area contributed by atoms with Gasteiger partial charge >= 0.3 is 5.97 Å². The van der Waals surface area contributed by atoms with Gasteiger partial charge in [0.15, 0.2) is 0 Å². The van der Waals surface area contributed by atoms with Gasteiger partial charge in [0.2, 0.25) is 0 Å². The predicted octanol–water partition coefficient (Wildman–Crippen LogP) is 6.22. The summed E-state index contributed by atoms with van der Waals surface area (Å²) in [5, 5.41) is 0.506. The molecule has 0 fully saturated rings. The van der Waals surface area contributed by atoms with E-state index in [2.05, 4.69) is 13.0 Å². The van der Waals surface area contributed by atoms with Crippen molar-refractivity contribution in [1.82, 2.24) is 0 Å². The lowest BCUT2D eigenvalue weighted by Gasteiger charge is -2.05. The first-order valence-electron chi connectivity index (χ1n) is 8.58. The number of unbranched alkanes of at least 4 members (excludes halogenated alkanes) is 9. The second-order valence-corrected chi connectivity index (χ2v) is 6.15. The van der Waals surface area contributed by atoms with Crippen molar-refractivity contribution in [3.63, 3.8) is 0 Å². The molecule has 0 atom stereocenters. The SMILES string of the molecule is CCCCCCCCCCCCOC(=O)c1c[c]c(Cl)cc1. The highest BCUT2D eigenvalue weighted by Crippen LogP contribution is 2.12. The van der Waals surface area contributed by atoms with E-state index < -0.39 is 0 Å². The van der Waals surface area contributed by atoms with Crippen LogP contribution in [0.4, 0.5) is 0 Å². The fourth-order valence-corrected chi connectivity index (χ4v) is 2.49. The van der Waals surface area contributed by atoms with E-state index in [1.807, 2.05) is 0 Å². The van der Waals surface area contributed by atoms with Gasteiger partial charge in [-0.1, -0.05) is 76.3 Å². The minimum Gasteiger partial charge on any atom is -0.462 e. The molecule has 22 heavy (non-hydrogen) atoms. The maximum absolute atomic E-state index is 11.7. The van der Waals surface area contributed by atoms with Crippen molar-refractivity contribution in [3.05, 3.63) is 34.9 Å². The number of carbonyl (C=O) groups excluding carboxylic acids is 1. The summed E-state index contributed by atoms with van der Waals surface area (Å²) < 4.78 is 5.24. The first-order valence-corrected chi connectivity index (χ1v) is 8.96. The van der Waals surface area contributed by atoms with Gasteiger partial charge < -0.3 is 4.74 Å². The van der Waals surface area contributed by atoms with Gasteiger partial charge in [-0.05, 0) is 24.6 Å². The number of esters is 1. The van der Waals surface area contributed by atoms with Crippen LogP contribution < -0.4 is 0 Å². The van der Waals surface area contributed by atoms with Gasteiger partial charge in [0.25, 0.3) is 0 Å². The zero-order valence-electron chi connectivity index (χ0n) is 13.7. The normalized spacial score (nSPS) is 10.6. The summed E-state index contributed by atoms with van der Waals surface area (Å²) in [5.41, 5.74) is 0.511. The molecule has 1 aromatic rings. The molecular weight excluding hydrogens is 296 g/mol. The monoisotopic (exact) mass is 323 g/mol. The topological polar surface area (TPSA) is 26.3 Å².